The van der Waals surface area contributed by atoms with Gasteiger partial charge in [-0.15, -0.1) is 11.8 Å². The molecule has 19 heavy (non-hydrogen) atoms. The van der Waals surface area contributed by atoms with Gasteiger partial charge in [0.05, 0.1) is 5.02 Å². The summed E-state index contributed by atoms with van der Waals surface area (Å²) >= 11 is 7.45. The van der Waals surface area contributed by atoms with E-state index in [0.29, 0.717) is 5.69 Å². The van der Waals surface area contributed by atoms with Gasteiger partial charge in [-0.25, -0.2) is 8.42 Å². The molecule has 0 saturated carbocycles. The molecule has 1 aromatic heterocycles. The van der Waals surface area contributed by atoms with Gasteiger partial charge in [-0.3, -0.25) is 9.71 Å². The van der Waals surface area contributed by atoms with Gasteiger partial charge in [-0.05, 0) is 36.6 Å². The van der Waals surface area contributed by atoms with Crippen molar-refractivity contribution in [1.82, 2.24) is 4.98 Å². The van der Waals surface area contributed by atoms with E-state index in [4.69, 9.17) is 11.6 Å². The van der Waals surface area contributed by atoms with Crippen molar-refractivity contribution in [2.45, 2.75) is 9.79 Å². The van der Waals surface area contributed by atoms with Gasteiger partial charge in [-0.1, -0.05) is 11.6 Å². The molecule has 2 rings (SSSR count). The van der Waals surface area contributed by atoms with Gasteiger partial charge in [0.2, 0.25) is 0 Å². The van der Waals surface area contributed by atoms with Crippen LogP contribution in [0, 0.1) is 0 Å². The minimum atomic E-state index is -3.71. The fraction of sp³-hybridized carbons (Fsp3) is 0.0833. The summed E-state index contributed by atoms with van der Waals surface area (Å²) in [6.07, 6.45) is 4.62. The van der Waals surface area contributed by atoms with E-state index in [1.165, 1.54) is 18.5 Å². The lowest BCUT2D eigenvalue weighted by atomic mass is 10.3. The highest BCUT2D eigenvalue weighted by molar-refractivity contribution is 7.98. The van der Waals surface area contributed by atoms with Crippen LogP contribution in [0.1, 0.15) is 0 Å². The molecule has 0 spiro atoms. The zero-order valence-corrected chi connectivity index (χ0v) is 12.4. The molecule has 0 radical (unpaired) electrons. The Morgan fingerprint density at radius 3 is 2.47 bits per heavy atom. The van der Waals surface area contributed by atoms with E-state index in [-0.39, 0.29) is 9.92 Å². The highest BCUT2D eigenvalue weighted by Crippen LogP contribution is 2.23. The second kappa shape index (κ2) is 5.81. The lowest BCUT2D eigenvalue weighted by Gasteiger charge is -2.09. The van der Waals surface area contributed by atoms with E-state index in [1.54, 1.807) is 23.9 Å². The monoisotopic (exact) mass is 314 g/mol. The molecule has 1 aromatic carbocycles. The van der Waals surface area contributed by atoms with E-state index in [2.05, 4.69) is 9.71 Å². The third kappa shape index (κ3) is 3.40. The molecule has 0 aliphatic rings. The number of halogens is 1. The lowest BCUT2D eigenvalue weighted by molar-refractivity contribution is 0.601. The predicted octanol–water partition coefficient (Wildman–Crippen LogP) is 3.26. The highest BCUT2D eigenvalue weighted by atomic mass is 35.5. The Hall–Kier alpha value is -1.24. The van der Waals surface area contributed by atoms with Crippen molar-refractivity contribution in [3.05, 3.63) is 47.7 Å². The van der Waals surface area contributed by atoms with Crippen molar-refractivity contribution < 1.29 is 8.42 Å². The van der Waals surface area contributed by atoms with Crippen molar-refractivity contribution in [1.29, 1.82) is 0 Å². The third-order valence-corrected chi connectivity index (χ3v) is 4.96. The van der Waals surface area contributed by atoms with Crippen LogP contribution in [0.2, 0.25) is 5.02 Å². The lowest BCUT2D eigenvalue weighted by Crippen LogP contribution is -2.13. The van der Waals surface area contributed by atoms with Gasteiger partial charge >= 0.3 is 0 Å². The summed E-state index contributed by atoms with van der Waals surface area (Å²) in [5.41, 5.74) is 0.484. The van der Waals surface area contributed by atoms with Crippen LogP contribution in [0.4, 0.5) is 5.69 Å². The largest absolute Gasteiger partial charge is 0.280 e. The van der Waals surface area contributed by atoms with Crippen molar-refractivity contribution in [3.63, 3.8) is 0 Å². The number of nitrogens with zero attached hydrogens (tertiary/aromatic N) is 1. The first-order valence-corrected chi connectivity index (χ1v) is 8.38. The topological polar surface area (TPSA) is 59.1 Å². The normalized spacial score (nSPS) is 11.3. The number of thioether (sulfide) groups is 1. The smallest absolute Gasteiger partial charge is 0.264 e. The third-order valence-electron chi connectivity index (χ3n) is 2.37. The molecule has 1 N–H and O–H groups in total. The summed E-state index contributed by atoms with van der Waals surface area (Å²) < 4.78 is 26.7. The molecule has 0 atom stereocenters. The summed E-state index contributed by atoms with van der Waals surface area (Å²) in [4.78, 5) is 4.80. The van der Waals surface area contributed by atoms with Crippen molar-refractivity contribution in [2.75, 3.05) is 11.0 Å². The zero-order valence-electron chi connectivity index (χ0n) is 10.00. The van der Waals surface area contributed by atoms with E-state index < -0.39 is 10.0 Å². The number of hydrogen-bond donors (Lipinski definition) is 1. The standard InChI is InChI=1S/C12H11ClN2O2S2/c1-18-10-4-2-9(3-5-10)15-19(16,17)12-8-14-7-6-11(12)13/h2-8,15H,1H3. The SMILES string of the molecule is CSc1ccc(NS(=O)(=O)c2cnccc2Cl)cc1. The number of sulfonamides is 1. The zero-order chi connectivity index (χ0) is 13.9. The molecule has 7 heteroatoms. The van der Waals surface area contributed by atoms with Gasteiger partial charge in [0.15, 0.2) is 0 Å². The minimum Gasteiger partial charge on any atom is -0.280 e. The van der Waals surface area contributed by atoms with Gasteiger partial charge in [0.1, 0.15) is 4.90 Å². The van der Waals surface area contributed by atoms with Crippen LogP contribution >= 0.6 is 23.4 Å². The maximum Gasteiger partial charge on any atom is 0.264 e. The van der Waals surface area contributed by atoms with Crippen molar-refractivity contribution >= 4 is 39.1 Å². The molecule has 0 unspecified atom stereocenters. The number of aromatic nitrogens is 1. The van der Waals surface area contributed by atoms with E-state index in [9.17, 15) is 8.42 Å². The molecule has 0 aliphatic carbocycles. The number of benzene rings is 1. The Labute approximate surface area is 121 Å². The van der Waals surface area contributed by atoms with Crippen LogP contribution in [0.5, 0.6) is 0 Å². The molecular weight excluding hydrogens is 304 g/mol. The molecule has 0 saturated heterocycles. The van der Waals surface area contributed by atoms with Crippen LogP contribution in [0.15, 0.2) is 52.5 Å². The molecule has 100 valence electrons. The Morgan fingerprint density at radius 2 is 1.89 bits per heavy atom. The predicted molar refractivity (Wildman–Crippen MR) is 78.3 cm³/mol. The highest BCUT2D eigenvalue weighted by Gasteiger charge is 2.17. The first-order chi connectivity index (χ1) is 9.03. The number of hydrogen-bond acceptors (Lipinski definition) is 4. The Bertz CT molecular complexity index is 672. The number of anilines is 1. The van der Waals surface area contributed by atoms with Gasteiger partial charge in [-0.2, -0.15) is 0 Å². The number of nitrogens with one attached hydrogen (secondary N) is 1. The van der Waals surface area contributed by atoms with Gasteiger partial charge in [0.25, 0.3) is 10.0 Å². The summed E-state index contributed by atoms with van der Waals surface area (Å²) in [6, 6.07) is 8.52. The fourth-order valence-electron chi connectivity index (χ4n) is 1.43. The Kier molecular flexibility index (Phi) is 4.34. The maximum absolute atomic E-state index is 12.1. The summed E-state index contributed by atoms with van der Waals surface area (Å²) in [5.74, 6) is 0. The number of pyridine rings is 1. The molecular formula is C12H11ClN2O2S2. The Balaban J connectivity index is 2.28. The van der Waals surface area contributed by atoms with Crippen LogP contribution < -0.4 is 4.72 Å². The van der Waals surface area contributed by atoms with Crippen LogP contribution in [0.25, 0.3) is 0 Å². The second-order valence-electron chi connectivity index (χ2n) is 3.64. The average molecular weight is 315 g/mol. The molecule has 0 amide bonds. The molecule has 0 fully saturated rings. The van der Waals surface area contributed by atoms with Gasteiger partial charge in [0, 0.05) is 23.0 Å². The van der Waals surface area contributed by atoms with E-state index in [0.717, 1.165) is 4.90 Å². The van der Waals surface area contributed by atoms with Crippen molar-refractivity contribution in [3.8, 4) is 0 Å². The van der Waals surface area contributed by atoms with E-state index >= 15 is 0 Å². The first-order valence-electron chi connectivity index (χ1n) is 5.29. The van der Waals surface area contributed by atoms with Crippen molar-refractivity contribution in [2.24, 2.45) is 0 Å². The van der Waals surface area contributed by atoms with Crippen LogP contribution in [-0.2, 0) is 10.0 Å². The van der Waals surface area contributed by atoms with E-state index in [1.807, 2.05) is 18.4 Å². The quantitative estimate of drug-likeness (QED) is 0.880. The summed E-state index contributed by atoms with van der Waals surface area (Å²) in [6.45, 7) is 0. The summed E-state index contributed by atoms with van der Waals surface area (Å²) in [5, 5.41) is 0.142. The van der Waals surface area contributed by atoms with Crippen LogP contribution in [0.3, 0.4) is 0 Å². The average Bonchev–Trinajstić information content (AvgIpc) is 2.39. The second-order valence-corrected chi connectivity index (χ2v) is 6.58. The molecule has 0 aliphatic heterocycles. The first kappa shape index (κ1) is 14.2. The summed E-state index contributed by atoms with van der Waals surface area (Å²) in [7, 11) is -3.71. The Morgan fingerprint density at radius 1 is 1.21 bits per heavy atom. The fourth-order valence-corrected chi connectivity index (χ4v) is 3.33. The molecule has 1 heterocycles. The molecule has 2 aromatic rings. The minimum absolute atomic E-state index is 0.0365. The van der Waals surface area contributed by atoms with Crippen LogP contribution in [-0.4, -0.2) is 19.7 Å². The molecule has 0 bridgehead atoms. The molecule has 4 nitrogen and oxygen atoms in total. The van der Waals surface area contributed by atoms with Gasteiger partial charge < -0.3 is 0 Å². The number of rotatable bonds is 4. The maximum atomic E-state index is 12.1.